The van der Waals surface area contributed by atoms with E-state index in [1.807, 2.05) is 17.9 Å². The van der Waals surface area contributed by atoms with Crippen molar-refractivity contribution in [3.05, 3.63) is 17.5 Å². The normalized spacial score (nSPS) is 16.1. The lowest BCUT2D eigenvalue weighted by Crippen LogP contribution is -2.15. The van der Waals surface area contributed by atoms with E-state index in [-0.39, 0.29) is 0 Å². The van der Waals surface area contributed by atoms with Crippen LogP contribution in [0.1, 0.15) is 30.5 Å². The summed E-state index contributed by atoms with van der Waals surface area (Å²) < 4.78 is 1.93. The van der Waals surface area contributed by atoms with Crippen molar-refractivity contribution < 1.29 is 0 Å². The van der Waals surface area contributed by atoms with Gasteiger partial charge in [-0.2, -0.15) is 5.10 Å². The highest BCUT2D eigenvalue weighted by molar-refractivity contribution is 5.15. The van der Waals surface area contributed by atoms with Gasteiger partial charge in [0.2, 0.25) is 0 Å². The van der Waals surface area contributed by atoms with Gasteiger partial charge in [-0.1, -0.05) is 12.8 Å². The molecule has 1 aromatic heterocycles. The highest BCUT2D eigenvalue weighted by Gasteiger charge is 2.19. The predicted molar refractivity (Wildman–Crippen MR) is 57.0 cm³/mol. The van der Waals surface area contributed by atoms with Crippen LogP contribution in [-0.2, 0) is 13.6 Å². The van der Waals surface area contributed by atoms with Crippen LogP contribution in [0.5, 0.6) is 0 Å². The molecule has 0 amide bonds. The second-order valence-corrected chi connectivity index (χ2v) is 4.29. The first-order valence-corrected chi connectivity index (χ1v) is 5.45. The van der Waals surface area contributed by atoms with Crippen molar-refractivity contribution in [2.24, 2.45) is 13.0 Å². The van der Waals surface area contributed by atoms with Gasteiger partial charge in [-0.3, -0.25) is 4.68 Å². The van der Waals surface area contributed by atoms with Crippen LogP contribution in [0, 0.1) is 12.8 Å². The fraction of sp³-hybridized carbons (Fsp3) is 0.727. The van der Waals surface area contributed by atoms with Crippen molar-refractivity contribution in [1.29, 1.82) is 0 Å². The Hall–Kier alpha value is -0.830. The zero-order chi connectivity index (χ0) is 9.97. The molecule has 0 bridgehead atoms. The molecule has 14 heavy (non-hydrogen) atoms. The topological polar surface area (TPSA) is 29.9 Å². The molecule has 0 atom stereocenters. The summed E-state index contributed by atoms with van der Waals surface area (Å²) in [4.78, 5) is 0. The van der Waals surface area contributed by atoms with Crippen LogP contribution in [0.2, 0.25) is 0 Å². The van der Waals surface area contributed by atoms with Crippen LogP contribution in [-0.4, -0.2) is 16.3 Å². The van der Waals surface area contributed by atoms with Crippen LogP contribution in [0.4, 0.5) is 0 Å². The minimum atomic E-state index is 0.965. The first-order chi connectivity index (χ1) is 6.77. The van der Waals surface area contributed by atoms with E-state index in [4.69, 9.17) is 0 Å². The molecule has 0 unspecified atom stereocenters. The Labute approximate surface area is 85.5 Å². The molecule has 3 nitrogen and oxygen atoms in total. The third-order valence-corrected chi connectivity index (χ3v) is 3.08. The summed E-state index contributed by atoms with van der Waals surface area (Å²) in [5, 5.41) is 7.69. The molecule has 0 radical (unpaired) electrons. The number of nitrogens with one attached hydrogen (secondary N) is 1. The van der Waals surface area contributed by atoms with E-state index in [1.54, 1.807) is 0 Å². The average molecular weight is 193 g/mol. The van der Waals surface area contributed by atoms with Crippen LogP contribution in [0.25, 0.3) is 0 Å². The van der Waals surface area contributed by atoms with E-state index in [0.717, 1.165) is 19.0 Å². The first-order valence-electron chi connectivity index (χ1n) is 5.45. The highest BCUT2D eigenvalue weighted by atomic mass is 15.3. The molecule has 1 N–H and O–H groups in total. The van der Waals surface area contributed by atoms with Gasteiger partial charge in [-0.25, -0.2) is 0 Å². The van der Waals surface area contributed by atoms with Crippen molar-refractivity contribution in [3.8, 4) is 0 Å². The third-order valence-electron chi connectivity index (χ3n) is 3.08. The van der Waals surface area contributed by atoms with Gasteiger partial charge in [0.15, 0.2) is 0 Å². The van der Waals surface area contributed by atoms with Crippen molar-refractivity contribution in [3.63, 3.8) is 0 Å². The number of nitrogens with zero attached hydrogens (tertiary/aromatic N) is 2. The largest absolute Gasteiger partial charge is 0.313 e. The van der Waals surface area contributed by atoms with E-state index in [2.05, 4.69) is 17.3 Å². The van der Waals surface area contributed by atoms with Gasteiger partial charge in [0, 0.05) is 24.8 Å². The fourth-order valence-electron chi connectivity index (χ4n) is 1.65. The van der Waals surface area contributed by atoms with Crippen molar-refractivity contribution in [2.45, 2.75) is 32.7 Å². The molecule has 78 valence electrons. The first kappa shape index (κ1) is 9.71. The van der Waals surface area contributed by atoms with Gasteiger partial charge in [0.1, 0.15) is 0 Å². The Kier molecular flexibility index (Phi) is 2.87. The lowest BCUT2D eigenvalue weighted by molar-refractivity contribution is 0.610. The minimum Gasteiger partial charge on any atom is -0.313 e. The average Bonchev–Trinajstić information content (AvgIpc) is 2.94. The van der Waals surface area contributed by atoms with E-state index < -0.39 is 0 Å². The van der Waals surface area contributed by atoms with Crippen LogP contribution < -0.4 is 5.32 Å². The number of aryl methyl sites for hydroxylation is 1. The number of aromatic nitrogens is 2. The van der Waals surface area contributed by atoms with Crippen molar-refractivity contribution >= 4 is 0 Å². The second kappa shape index (κ2) is 4.13. The number of rotatable bonds is 5. The van der Waals surface area contributed by atoms with E-state index in [0.29, 0.717) is 0 Å². The molecular formula is C11H19N3. The van der Waals surface area contributed by atoms with Gasteiger partial charge >= 0.3 is 0 Å². The Morgan fingerprint density at radius 2 is 2.36 bits per heavy atom. The smallest absolute Gasteiger partial charge is 0.0537 e. The van der Waals surface area contributed by atoms with Gasteiger partial charge in [0.05, 0.1) is 6.20 Å². The Balaban J connectivity index is 1.71. The quantitative estimate of drug-likeness (QED) is 0.720. The maximum atomic E-state index is 4.22. The molecular weight excluding hydrogens is 174 g/mol. The minimum absolute atomic E-state index is 0.965. The van der Waals surface area contributed by atoms with Gasteiger partial charge in [0.25, 0.3) is 0 Å². The second-order valence-electron chi connectivity index (χ2n) is 4.29. The highest BCUT2D eigenvalue weighted by Crippen LogP contribution is 2.31. The molecule has 0 aliphatic heterocycles. The van der Waals surface area contributed by atoms with Crippen LogP contribution in [0.3, 0.4) is 0 Å². The van der Waals surface area contributed by atoms with Gasteiger partial charge in [-0.05, 0) is 25.8 Å². The number of hydrogen-bond donors (Lipinski definition) is 1. The van der Waals surface area contributed by atoms with Crippen molar-refractivity contribution in [2.75, 3.05) is 6.54 Å². The van der Waals surface area contributed by atoms with E-state index in [1.165, 1.54) is 30.5 Å². The summed E-state index contributed by atoms with van der Waals surface area (Å²) in [5.41, 5.74) is 2.59. The Bertz CT molecular complexity index is 299. The molecule has 0 aromatic carbocycles. The zero-order valence-electron chi connectivity index (χ0n) is 9.08. The molecule has 1 aliphatic carbocycles. The monoisotopic (exact) mass is 193 g/mol. The van der Waals surface area contributed by atoms with Crippen LogP contribution in [0.15, 0.2) is 6.20 Å². The molecule has 1 fully saturated rings. The fourth-order valence-corrected chi connectivity index (χ4v) is 1.65. The Morgan fingerprint density at radius 3 is 2.93 bits per heavy atom. The van der Waals surface area contributed by atoms with Gasteiger partial charge in [-0.15, -0.1) is 0 Å². The summed E-state index contributed by atoms with van der Waals surface area (Å²) in [5.74, 6) is 1.03. The summed E-state index contributed by atoms with van der Waals surface area (Å²) in [7, 11) is 1.99. The van der Waals surface area contributed by atoms with Crippen molar-refractivity contribution in [1.82, 2.24) is 15.1 Å². The maximum Gasteiger partial charge on any atom is 0.0537 e. The lowest BCUT2D eigenvalue weighted by Gasteiger charge is -2.03. The van der Waals surface area contributed by atoms with E-state index >= 15 is 0 Å². The van der Waals surface area contributed by atoms with Gasteiger partial charge < -0.3 is 5.32 Å². The zero-order valence-corrected chi connectivity index (χ0v) is 9.08. The summed E-state index contributed by atoms with van der Waals surface area (Å²) in [6, 6.07) is 0. The summed E-state index contributed by atoms with van der Waals surface area (Å²) >= 11 is 0. The molecule has 3 heteroatoms. The molecule has 0 spiro atoms. The molecule has 2 rings (SSSR count). The summed E-state index contributed by atoms with van der Waals surface area (Å²) in [6.07, 6.45) is 6.21. The molecule has 1 aliphatic rings. The SMILES string of the molecule is Cc1c(CNCCC2CC2)cnn1C. The van der Waals surface area contributed by atoms with E-state index in [9.17, 15) is 0 Å². The van der Waals surface area contributed by atoms with Crippen LogP contribution >= 0.6 is 0 Å². The molecule has 1 heterocycles. The summed E-state index contributed by atoms with van der Waals surface area (Å²) in [6.45, 7) is 4.23. The maximum absolute atomic E-state index is 4.22. The Morgan fingerprint density at radius 1 is 1.57 bits per heavy atom. The number of hydrogen-bond acceptors (Lipinski definition) is 2. The molecule has 1 saturated carbocycles. The third kappa shape index (κ3) is 2.35. The molecule has 0 saturated heterocycles. The lowest BCUT2D eigenvalue weighted by atomic mass is 10.2. The standard InChI is InChI=1S/C11H19N3/c1-9-11(8-13-14(9)2)7-12-6-5-10-3-4-10/h8,10,12H,3-7H2,1-2H3. The molecule has 1 aromatic rings. The predicted octanol–water partition coefficient (Wildman–Crippen LogP) is 1.62.